The average molecular weight is 269 g/mol. The number of ether oxygens (including phenoxy) is 1. The Morgan fingerprint density at radius 1 is 1.32 bits per heavy atom. The van der Waals surface area contributed by atoms with Crippen LogP contribution in [0, 0.1) is 5.92 Å². The van der Waals surface area contributed by atoms with Gasteiger partial charge >= 0.3 is 6.09 Å². The van der Waals surface area contributed by atoms with Gasteiger partial charge in [0.1, 0.15) is 0 Å². The molecule has 1 amide bonds. The van der Waals surface area contributed by atoms with Crippen molar-refractivity contribution in [1.82, 2.24) is 15.8 Å². The zero-order valence-electron chi connectivity index (χ0n) is 12.3. The minimum atomic E-state index is -0.312. The number of hydrazine groups is 1. The number of piperidine rings is 1. The summed E-state index contributed by atoms with van der Waals surface area (Å²) in [5.41, 5.74) is 2.91. The number of hydrogen-bond donors (Lipinski definition) is 2. The molecule has 2 saturated heterocycles. The molecule has 2 fully saturated rings. The Hall–Kier alpha value is -0.810. The maximum Gasteiger partial charge on any atom is 0.421 e. The van der Waals surface area contributed by atoms with Gasteiger partial charge in [-0.2, -0.15) is 0 Å². The highest BCUT2D eigenvalue weighted by atomic mass is 16.6. The van der Waals surface area contributed by atoms with Crippen molar-refractivity contribution >= 4 is 6.09 Å². The summed E-state index contributed by atoms with van der Waals surface area (Å²) in [4.78, 5) is 11.5. The molecule has 2 aliphatic rings. The van der Waals surface area contributed by atoms with Crippen LogP contribution in [-0.4, -0.2) is 42.4 Å². The summed E-state index contributed by atoms with van der Waals surface area (Å²) in [5.74, 6) is 0.688. The fraction of sp³-hybridized carbons (Fsp3) is 0.929. The average Bonchev–Trinajstić information content (AvgIpc) is 2.60. The molecule has 0 spiro atoms. The molecule has 5 nitrogen and oxygen atoms in total. The molecular weight excluding hydrogens is 242 g/mol. The Kier molecular flexibility index (Phi) is 5.05. The molecule has 2 heterocycles. The van der Waals surface area contributed by atoms with Gasteiger partial charge in [-0.15, -0.1) is 0 Å². The van der Waals surface area contributed by atoms with Gasteiger partial charge in [0.15, 0.2) is 0 Å². The smallest absolute Gasteiger partial charge is 0.421 e. The molecule has 2 unspecified atom stereocenters. The fourth-order valence-corrected chi connectivity index (χ4v) is 3.20. The molecule has 2 aliphatic heterocycles. The van der Waals surface area contributed by atoms with Crippen molar-refractivity contribution in [3.8, 4) is 0 Å². The van der Waals surface area contributed by atoms with Gasteiger partial charge in [-0.05, 0) is 45.1 Å². The van der Waals surface area contributed by atoms with Gasteiger partial charge in [0.05, 0.1) is 6.61 Å². The second-order valence-electron chi connectivity index (χ2n) is 6.09. The van der Waals surface area contributed by atoms with E-state index in [1.807, 2.05) is 6.92 Å². The Balaban J connectivity index is 1.82. The van der Waals surface area contributed by atoms with Gasteiger partial charge in [-0.3, -0.25) is 5.43 Å². The minimum absolute atomic E-state index is 0.312. The summed E-state index contributed by atoms with van der Waals surface area (Å²) in [6.07, 6.45) is 4.28. The maximum absolute atomic E-state index is 11.5. The molecule has 19 heavy (non-hydrogen) atoms. The van der Waals surface area contributed by atoms with Crippen LogP contribution in [0.1, 0.15) is 46.5 Å². The molecule has 0 aliphatic carbocycles. The Morgan fingerprint density at radius 3 is 2.47 bits per heavy atom. The number of carbonyl (C=O) groups is 1. The highest BCUT2D eigenvalue weighted by Crippen LogP contribution is 2.34. The predicted octanol–water partition coefficient (Wildman–Crippen LogP) is 1.89. The largest absolute Gasteiger partial charge is 0.449 e. The number of rotatable bonds is 5. The summed E-state index contributed by atoms with van der Waals surface area (Å²) in [7, 11) is 0. The Bertz CT molecular complexity index is 295. The van der Waals surface area contributed by atoms with E-state index in [2.05, 4.69) is 29.6 Å². The van der Waals surface area contributed by atoms with Crippen molar-refractivity contribution in [2.75, 3.05) is 13.2 Å². The first-order chi connectivity index (χ1) is 9.10. The number of fused-ring (bicyclic) bond motifs is 2. The van der Waals surface area contributed by atoms with E-state index < -0.39 is 0 Å². The van der Waals surface area contributed by atoms with Crippen molar-refractivity contribution < 1.29 is 9.53 Å². The van der Waals surface area contributed by atoms with Gasteiger partial charge in [0, 0.05) is 18.1 Å². The second-order valence-corrected chi connectivity index (χ2v) is 6.09. The Labute approximate surface area is 116 Å². The second kappa shape index (κ2) is 6.57. The third-order valence-electron chi connectivity index (χ3n) is 4.04. The SMILES string of the molecule is CCOC(=O)NN1C2CCC1CC(NCC(C)C)C2. The van der Waals surface area contributed by atoms with Crippen LogP contribution in [0.3, 0.4) is 0 Å². The van der Waals surface area contributed by atoms with E-state index >= 15 is 0 Å². The van der Waals surface area contributed by atoms with E-state index in [4.69, 9.17) is 4.74 Å². The van der Waals surface area contributed by atoms with Crippen molar-refractivity contribution in [3.63, 3.8) is 0 Å². The first-order valence-corrected chi connectivity index (χ1v) is 7.55. The first-order valence-electron chi connectivity index (χ1n) is 7.55. The van der Waals surface area contributed by atoms with Crippen LogP contribution in [0.5, 0.6) is 0 Å². The van der Waals surface area contributed by atoms with Gasteiger partial charge in [0.2, 0.25) is 0 Å². The first kappa shape index (κ1) is 14.6. The predicted molar refractivity (Wildman–Crippen MR) is 74.7 cm³/mol. The van der Waals surface area contributed by atoms with Gasteiger partial charge in [-0.25, -0.2) is 9.80 Å². The third-order valence-corrected chi connectivity index (χ3v) is 4.04. The summed E-state index contributed by atoms with van der Waals surface area (Å²) in [5, 5.41) is 5.78. The lowest BCUT2D eigenvalue weighted by atomic mass is 9.98. The maximum atomic E-state index is 11.5. The van der Waals surface area contributed by atoms with Crippen LogP contribution in [0.4, 0.5) is 4.79 Å². The number of carbonyl (C=O) groups excluding carboxylic acids is 1. The Morgan fingerprint density at radius 2 is 1.95 bits per heavy atom. The molecule has 2 atom stereocenters. The number of hydrogen-bond acceptors (Lipinski definition) is 4. The van der Waals surface area contributed by atoms with Gasteiger partial charge in [-0.1, -0.05) is 13.8 Å². The fourth-order valence-electron chi connectivity index (χ4n) is 3.20. The molecule has 2 rings (SSSR count). The van der Waals surface area contributed by atoms with E-state index in [-0.39, 0.29) is 6.09 Å². The molecule has 2 bridgehead atoms. The summed E-state index contributed by atoms with van der Waals surface area (Å²) >= 11 is 0. The normalized spacial score (nSPS) is 30.6. The van der Waals surface area contributed by atoms with Gasteiger partial charge < -0.3 is 10.1 Å². The molecule has 110 valence electrons. The van der Waals surface area contributed by atoms with Crippen LogP contribution >= 0.6 is 0 Å². The topological polar surface area (TPSA) is 53.6 Å². The van der Waals surface area contributed by atoms with E-state index in [9.17, 15) is 4.79 Å². The molecule has 0 aromatic rings. The van der Waals surface area contributed by atoms with Crippen LogP contribution < -0.4 is 10.7 Å². The third kappa shape index (κ3) is 3.83. The molecule has 2 N–H and O–H groups in total. The summed E-state index contributed by atoms with van der Waals surface area (Å²) in [6, 6.07) is 1.53. The highest BCUT2D eigenvalue weighted by molar-refractivity contribution is 5.66. The summed E-state index contributed by atoms with van der Waals surface area (Å²) in [6.45, 7) is 7.80. The zero-order chi connectivity index (χ0) is 13.8. The lowest BCUT2D eigenvalue weighted by molar-refractivity contribution is 0.0482. The lowest BCUT2D eigenvalue weighted by Gasteiger charge is -2.38. The van der Waals surface area contributed by atoms with Crippen LogP contribution in [-0.2, 0) is 4.74 Å². The molecular formula is C14H27N3O2. The number of nitrogens with one attached hydrogen (secondary N) is 2. The monoisotopic (exact) mass is 269 g/mol. The molecule has 5 heteroatoms. The standard InChI is InChI=1S/C14H27N3O2/c1-4-19-14(18)16-17-12-5-6-13(17)8-11(7-12)15-9-10(2)3/h10-13,15H,4-9H2,1-3H3,(H,16,18). The van der Waals surface area contributed by atoms with Crippen molar-refractivity contribution in [1.29, 1.82) is 0 Å². The highest BCUT2D eigenvalue weighted by Gasteiger charge is 2.41. The summed E-state index contributed by atoms with van der Waals surface area (Å²) < 4.78 is 4.97. The minimum Gasteiger partial charge on any atom is -0.449 e. The number of nitrogens with zero attached hydrogens (tertiary/aromatic N) is 1. The molecule has 0 saturated carbocycles. The van der Waals surface area contributed by atoms with Crippen LogP contribution in [0.2, 0.25) is 0 Å². The molecule has 0 aromatic heterocycles. The van der Waals surface area contributed by atoms with Crippen LogP contribution in [0.25, 0.3) is 0 Å². The van der Waals surface area contributed by atoms with E-state index in [1.54, 1.807) is 0 Å². The van der Waals surface area contributed by atoms with Gasteiger partial charge in [0.25, 0.3) is 0 Å². The van der Waals surface area contributed by atoms with E-state index in [0.717, 1.165) is 19.4 Å². The van der Waals surface area contributed by atoms with Crippen molar-refractivity contribution in [2.24, 2.45) is 5.92 Å². The number of amides is 1. The molecule has 0 aromatic carbocycles. The van der Waals surface area contributed by atoms with E-state index in [0.29, 0.717) is 30.7 Å². The van der Waals surface area contributed by atoms with Crippen LogP contribution in [0.15, 0.2) is 0 Å². The lowest BCUT2D eigenvalue weighted by Crippen LogP contribution is -2.56. The van der Waals surface area contributed by atoms with Crippen molar-refractivity contribution in [2.45, 2.75) is 64.6 Å². The quantitative estimate of drug-likeness (QED) is 0.800. The van der Waals surface area contributed by atoms with Crippen molar-refractivity contribution in [3.05, 3.63) is 0 Å². The zero-order valence-corrected chi connectivity index (χ0v) is 12.3. The molecule has 0 radical (unpaired) electrons. The van der Waals surface area contributed by atoms with E-state index in [1.165, 1.54) is 12.8 Å².